The summed E-state index contributed by atoms with van der Waals surface area (Å²) in [5, 5.41) is 9.32. The first-order chi connectivity index (χ1) is 7.47. The smallest absolute Gasteiger partial charge is 0.127 e. The maximum absolute atomic E-state index is 11.3. The second-order valence-electron chi connectivity index (χ2n) is 5.71. The van der Waals surface area contributed by atoms with E-state index in [-0.39, 0.29) is 11.5 Å². The Kier molecular flexibility index (Phi) is 4.93. The van der Waals surface area contributed by atoms with Gasteiger partial charge >= 0.3 is 0 Å². The summed E-state index contributed by atoms with van der Waals surface area (Å²) in [6.07, 6.45) is 5.14. The van der Waals surface area contributed by atoms with E-state index in [2.05, 4.69) is 11.8 Å². The number of carbonyl (C=O) groups excluding carboxylic acids is 1. The molecule has 94 valence electrons. The largest absolute Gasteiger partial charge is 0.392 e. The molecule has 1 rings (SSSR count). The van der Waals surface area contributed by atoms with E-state index in [1.54, 1.807) is 6.92 Å². The van der Waals surface area contributed by atoms with Gasteiger partial charge in [-0.25, -0.2) is 0 Å². The Labute approximate surface area is 98.8 Å². The summed E-state index contributed by atoms with van der Waals surface area (Å²) in [7, 11) is 1.98. The van der Waals surface area contributed by atoms with Crippen molar-refractivity contribution in [1.29, 1.82) is 0 Å². The minimum atomic E-state index is -0.323. The van der Waals surface area contributed by atoms with Crippen molar-refractivity contribution >= 4 is 6.29 Å². The van der Waals surface area contributed by atoms with Crippen LogP contribution in [-0.4, -0.2) is 42.5 Å². The van der Waals surface area contributed by atoms with Crippen LogP contribution in [-0.2, 0) is 4.79 Å². The van der Waals surface area contributed by atoms with E-state index in [0.29, 0.717) is 6.54 Å². The van der Waals surface area contributed by atoms with E-state index in [4.69, 9.17) is 0 Å². The normalized spacial score (nSPS) is 32.7. The fraction of sp³-hybridized carbons (Fsp3) is 0.923. The van der Waals surface area contributed by atoms with E-state index in [1.807, 2.05) is 7.05 Å². The highest BCUT2D eigenvalue weighted by molar-refractivity contribution is 5.60. The number of hydrogen-bond acceptors (Lipinski definition) is 3. The standard InChI is InChI=1S/C13H25NO2/c1-11-4-6-13(10-15,7-5-11)9-14(3)8-12(2)16/h10-12,16H,4-9H2,1-3H3. The zero-order valence-corrected chi connectivity index (χ0v) is 10.8. The molecule has 1 N–H and O–H groups in total. The van der Waals surface area contributed by atoms with Crippen LogP contribution in [0.5, 0.6) is 0 Å². The highest BCUT2D eigenvalue weighted by Crippen LogP contribution is 2.37. The molecule has 1 saturated carbocycles. The summed E-state index contributed by atoms with van der Waals surface area (Å²) in [4.78, 5) is 13.4. The molecule has 0 aromatic carbocycles. The number of aldehydes is 1. The van der Waals surface area contributed by atoms with Crippen molar-refractivity contribution in [2.24, 2.45) is 11.3 Å². The predicted molar refractivity (Wildman–Crippen MR) is 65.3 cm³/mol. The molecule has 0 saturated heterocycles. The molecule has 0 heterocycles. The van der Waals surface area contributed by atoms with Gasteiger partial charge in [-0.2, -0.15) is 0 Å². The lowest BCUT2D eigenvalue weighted by atomic mass is 9.71. The van der Waals surface area contributed by atoms with Crippen LogP contribution in [0.3, 0.4) is 0 Å². The fourth-order valence-corrected chi connectivity index (χ4v) is 2.70. The van der Waals surface area contributed by atoms with Gasteiger partial charge in [0.05, 0.1) is 6.10 Å². The molecule has 3 heteroatoms. The van der Waals surface area contributed by atoms with Crippen LogP contribution in [0.15, 0.2) is 0 Å². The van der Waals surface area contributed by atoms with Crippen LogP contribution in [0.4, 0.5) is 0 Å². The third kappa shape index (κ3) is 3.87. The minimum Gasteiger partial charge on any atom is -0.392 e. The van der Waals surface area contributed by atoms with Crippen molar-refractivity contribution in [3.8, 4) is 0 Å². The van der Waals surface area contributed by atoms with Crippen molar-refractivity contribution in [3.63, 3.8) is 0 Å². The molecule has 1 aliphatic carbocycles. The molecule has 1 unspecified atom stereocenters. The Morgan fingerprint density at radius 2 is 2.06 bits per heavy atom. The monoisotopic (exact) mass is 227 g/mol. The third-order valence-corrected chi connectivity index (χ3v) is 3.68. The molecule has 0 bridgehead atoms. The van der Waals surface area contributed by atoms with Crippen molar-refractivity contribution in [3.05, 3.63) is 0 Å². The van der Waals surface area contributed by atoms with E-state index in [9.17, 15) is 9.90 Å². The zero-order valence-electron chi connectivity index (χ0n) is 10.8. The lowest BCUT2D eigenvalue weighted by Gasteiger charge is -2.38. The van der Waals surface area contributed by atoms with Gasteiger partial charge in [0.1, 0.15) is 6.29 Å². The second-order valence-corrected chi connectivity index (χ2v) is 5.71. The van der Waals surface area contributed by atoms with E-state index >= 15 is 0 Å². The Bertz CT molecular complexity index is 220. The molecule has 0 radical (unpaired) electrons. The molecule has 16 heavy (non-hydrogen) atoms. The Morgan fingerprint density at radius 3 is 2.50 bits per heavy atom. The fourth-order valence-electron chi connectivity index (χ4n) is 2.70. The van der Waals surface area contributed by atoms with Gasteiger partial charge in [0.25, 0.3) is 0 Å². The van der Waals surface area contributed by atoms with Gasteiger partial charge in [0.15, 0.2) is 0 Å². The second kappa shape index (κ2) is 5.78. The molecule has 0 amide bonds. The van der Waals surface area contributed by atoms with Gasteiger partial charge in [-0.3, -0.25) is 0 Å². The molecular formula is C13H25NO2. The number of likely N-dealkylation sites (N-methyl/N-ethyl adjacent to an activating group) is 1. The Hall–Kier alpha value is -0.410. The average Bonchev–Trinajstić information content (AvgIpc) is 2.21. The van der Waals surface area contributed by atoms with Crippen LogP contribution < -0.4 is 0 Å². The van der Waals surface area contributed by atoms with E-state index in [0.717, 1.165) is 44.4 Å². The summed E-state index contributed by atoms with van der Waals surface area (Å²) in [6.45, 7) is 5.47. The highest BCUT2D eigenvalue weighted by Gasteiger charge is 2.34. The lowest BCUT2D eigenvalue weighted by molar-refractivity contribution is -0.119. The highest BCUT2D eigenvalue weighted by atomic mass is 16.3. The van der Waals surface area contributed by atoms with E-state index in [1.165, 1.54) is 0 Å². The molecule has 0 spiro atoms. The first-order valence-corrected chi connectivity index (χ1v) is 6.30. The van der Waals surface area contributed by atoms with Crippen molar-refractivity contribution in [1.82, 2.24) is 4.90 Å². The maximum Gasteiger partial charge on any atom is 0.127 e. The molecule has 1 aliphatic rings. The molecule has 1 atom stereocenters. The number of aliphatic hydroxyl groups excluding tert-OH is 1. The molecular weight excluding hydrogens is 202 g/mol. The Morgan fingerprint density at radius 1 is 1.50 bits per heavy atom. The van der Waals surface area contributed by atoms with Crippen LogP contribution >= 0.6 is 0 Å². The molecule has 0 aromatic heterocycles. The topological polar surface area (TPSA) is 40.5 Å². The zero-order chi connectivity index (χ0) is 12.2. The number of carbonyl (C=O) groups is 1. The molecule has 0 aromatic rings. The molecule has 1 fully saturated rings. The van der Waals surface area contributed by atoms with Gasteiger partial charge in [0.2, 0.25) is 0 Å². The SMILES string of the molecule is CC(O)CN(C)CC1(C=O)CCC(C)CC1. The summed E-state index contributed by atoms with van der Waals surface area (Å²) in [6, 6.07) is 0. The molecule has 0 aliphatic heterocycles. The van der Waals surface area contributed by atoms with Crippen molar-refractivity contribution < 1.29 is 9.90 Å². The minimum absolute atomic E-state index is 0.157. The van der Waals surface area contributed by atoms with Gasteiger partial charge in [-0.05, 0) is 45.6 Å². The number of aliphatic hydroxyl groups is 1. The summed E-state index contributed by atoms with van der Waals surface area (Å²) >= 11 is 0. The summed E-state index contributed by atoms with van der Waals surface area (Å²) in [5.74, 6) is 0.759. The van der Waals surface area contributed by atoms with Gasteiger partial charge < -0.3 is 14.8 Å². The van der Waals surface area contributed by atoms with Crippen LogP contribution in [0.2, 0.25) is 0 Å². The van der Waals surface area contributed by atoms with Crippen LogP contribution in [0, 0.1) is 11.3 Å². The average molecular weight is 227 g/mol. The first-order valence-electron chi connectivity index (χ1n) is 6.30. The maximum atomic E-state index is 11.3. The predicted octanol–water partition coefficient (Wildman–Crippen LogP) is 1.69. The molecule has 3 nitrogen and oxygen atoms in total. The summed E-state index contributed by atoms with van der Waals surface area (Å²) < 4.78 is 0. The van der Waals surface area contributed by atoms with Crippen LogP contribution in [0.1, 0.15) is 39.5 Å². The lowest BCUT2D eigenvalue weighted by Crippen LogP contribution is -2.41. The Balaban J connectivity index is 2.50. The van der Waals surface area contributed by atoms with Crippen LogP contribution in [0.25, 0.3) is 0 Å². The van der Waals surface area contributed by atoms with Gasteiger partial charge in [-0.15, -0.1) is 0 Å². The number of rotatable bonds is 5. The number of nitrogens with zero attached hydrogens (tertiary/aromatic N) is 1. The van der Waals surface area contributed by atoms with Gasteiger partial charge in [0, 0.05) is 18.5 Å². The summed E-state index contributed by atoms with van der Waals surface area (Å²) in [5.41, 5.74) is -0.157. The quantitative estimate of drug-likeness (QED) is 0.727. The van der Waals surface area contributed by atoms with Crippen molar-refractivity contribution in [2.75, 3.05) is 20.1 Å². The van der Waals surface area contributed by atoms with Crippen molar-refractivity contribution in [2.45, 2.75) is 45.6 Å². The van der Waals surface area contributed by atoms with E-state index < -0.39 is 0 Å². The third-order valence-electron chi connectivity index (χ3n) is 3.68. The first kappa shape index (κ1) is 13.7. The van der Waals surface area contributed by atoms with Gasteiger partial charge in [-0.1, -0.05) is 6.92 Å². The number of hydrogen-bond donors (Lipinski definition) is 1.